The predicted octanol–water partition coefficient (Wildman–Crippen LogP) is 0.835. The van der Waals surface area contributed by atoms with Crippen LogP contribution in [0.2, 0.25) is 0 Å². The molecule has 0 spiro atoms. The molecule has 27 heavy (non-hydrogen) atoms. The fourth-order valence-electron chi connectivity index (χ4n) is 3.57. The molecule has 1 saturated carbocycles. The second-order valence-corrected chi connectivity index (χ2v) is 7.30. The summed E-state index contributed by atoms with van der Waals surface area (Å²) < 4.78 is 5.16. The number of aliphatic hydroxyl groups excluding tert-OH is 2. The normalized spacial score (nSPS) is 28.2. The van der Waals surface area contributed by atoms with Crippen LogP contribution in [0.15, 0.2) is 24.4 Å². The van der Waals surface area contributed by atoms with E-state index in [0.29, 0.717) is 23.6 Å². The van der Waals surface area contributed by atoms with Crippen molar-refractivity contribution >= 4 is 22.8 Å². The van der Waals surface area contributed by atoms with Gasteiger partial charge in [0.05, 0.1) is 37.0 Å². The van der Waals surface area contributed by atoms with E-state index in [1.807, 2.05) is 6.07 Å². The number of hydrogen-bond acceptors (Lipinski definition) is 7. The first-order valence-electron chi connectivity index (χ1n) is 9.36. The van der Waals surface area contributed by atoms with Crippen molar-refractivity contribution in [2.24, 2.45) is 0 Å². The van der Waals surface area contributed by atoms with E-state index in [1.54, 1.807) is 18.3 Å². The van der Waals surface area contributed by atoms with E-state index in [0.717, 1.165) is 31.1 Å². The van der Waals surface area contributed by atoms with Crippen LogP contribution in [0.1, 0.15) is 36.0 Å². The number of ether oxygens (including phenoxy) is 1. The predicted molar refractivity (Wildman–Crippen MR) is 99.5 cm³/mol. The first kappa shape index (κ1) is 18.1. The van der Waals surface area contributed by atoms with Gasteiger partial charge in [0.15, 0.2) is 0 Å². The lowest BCUT2D eigenvalue weighted by Crippen LogP contribution is -2.42. The Kier molecular flexibility index (Phi) is 5.20. The number of anilines is 1. The van der Waals surface area contributed by atoms with Crippen LogP contribution >= 0.6 is 0 Å². The Bertz CT molecular complexity index is 822. The van der Waals surface area contributed by atoms with Crippen molar-refractivity contribution in [3.05, 3.63) is 30.0 Å². The minimum absolute atomic E-state index is 0.203. The van der Waals surface area contributed by atoms with Gasteiger partial charge in [-0.15, -0.1) is 0 Å². The molecule has 1 aliphatic heterocycles. The van der Waals surface area contributed by atoms with Crippen LogP contribution in [0.3, 0.4) is 0 Å². The van der Waals surface area contributed by atoms with Gasteiger partial charge < -0.3 is 25.6 Å². The molecule has 1 saturated heterocycles. The van der Waals surface area contributed by atoms with Crippen LogP contribution in [0, 0.1) is 0 Å². The van der Waals surface area contributed by atoms with E-state index >= 15 is 0 Å². The lowest BCUT2D eigenvalue weighted by Gasteiger charge is -2.26. The lowest BCUT2D eigenvalue weighted by atomic mass is 9.93. The van der Waals surface area contributed by atoms with E-state index in [-0.39, 0.29) is 24.7 Å². The number of carbonyl (C=O) groups excluding carboxylic acids is 1. The van der Waals surface area contributed by atoms with Gasteiger partial charge in [0, 0.05) is 23.2 Å². The van der Waals surface area contributed by atoms with Gasteiger partial charge in [0.1, 0.15) is 0 Å². The van der Waals surface area contributed by atoms with Gasteiger partial charge in [-0.25, -0.2) is 9.97 Å². The highest BCUT2D eigenvalue weighted by Gasteiger charge is 2.28. The van der Waals surface area contributed by atoms with Gasteiger partial charge in [-0.3, -0.25) is 4.79 Å². The third-order valence-corrected chi connectivity index (χ3v) is 5.24. The summed E-state index contributed by atoms with van der Waals surface area (Å²) >= 11 is 0. The second-order valence-electron chi connectivity index (χ2n) is 7.30. The van der Waals surface area contributed by atoms with Crippen molar-refractivity contribution in [3.8, 4) is 0 Å². The zero-order valence-corrected chi connectivity index (χ0v) is 15.0. The molecular weight excluding hydrogens is 348 g/mol. The number of aliphatic hydroxyl groups is 2. The summed E-state index contributed by atoms with van der Waals surface area (Å²) in [6.07, 6.45) is 4.19. The van der Waals surface area contributed by atoms with E-state index < -0.39 is 12.1 Å². The Labute approximate surface area is 157 Å². The fraction of sp³-hybridized carbons (Fsp3) is 0.526. The second kappa shape index (κ2) is 7.75. The third-order valence-electron chi connectivity index (χ3n) is 5.24. The summed E-state index contributed by atoms with van der Waals surface area (Å²) in [5.41, 5.74) is 1.16. The van der Waals surface area contributed by atoms with E-state index in [9.17, 15) is 15.0 Å². The molecule has 0 bridgehead atoms. The van der Waals surface area contributed by atoms with Crippen LogP contribution < -0.4 is 10.6 Å². The zero-order chi connectivity index (χ0) is 18.8. The number of benzene rings is 1. The molecule has 4 N–H and O–H groups in total. The summed E-state index contributed by atoms with van der Waals surface area (Å²) in [5, 5.41) is 26.4. The largest absolute Gasteiger partial charge is 0.393 e. The Balaban J connectivity index is 1.48. The summed E-state index contributed by atoms with van der Waals surface area (Å²) in [7, 11) is 0. The van der Waals surface area contributed by atoms with Crippen LogP contribution in [-0.4, -0.2) is 63.6 Å². The number of carbonyl (C=O) groups is 1. The van der Waals surface area contributed by atoms with Crippen LogP contribution in [0.25, 0.3) is 10.9 Å². The zero-order valence-electron chi connectivity index (χ0n) is 15.0. The van der Waals surface area contributed by atoms with Gasteiger partial charge in [-0.1, -0.05) is 6.07 Å². The highest BCUT2D eigenvalue weighted by atomic mass is 16.5. The SMILES string of the molecule is O=C(N[C@@H]1COC[C@H]1O)c1ccc2cnc(NC3CCC(O)CC3)nc2c1. The van der Waals surface area contributed by atoms with Gasteiger partial charge in [-0.2, -0.15) is 0 Å². The molecular formula is C19H24N4O4. The standard InChI is InChI=1S/C19H24N4O4/c24-14-5-3-13(4-6-14)21-19-20-8-12-2-1-11(7-15(12)23-19)18(26)22-16-9-27-10-17(16)25/h1-2,7-8,13-14,16-17,24-25H,3-6,9-10H2,(H,22,26)(H,20,21,23)/t13?,14?,16-,17-/m1/s1. The monoisotopic (exact) mass is 372 g/mol. The number of fused-ring (bicyclic) bond motifs is 1. The molecule has 8 nitrogen and oxygen atoms in total. The molecule has 2 atom stereocenters. The highest BCUT2D eigenvalue weighted by molar-refractivity contribution is 5.98. The maximum atomic E-state index is 12.5. The summed E-state index contributed by atoms with van der Waals surface area (Å²) in [6.45, 7) is 0.552. The maximum absolute atomic E-state index is 12.5. The van der Waals surface area contributed by atoms with E-state index in [4.69, 9.17) is 4.74 Å². The fourth-order valence-corrected chi connectivity index (χ4v) is 3.57. The molecule has 2 fully saturated rings. The molecule has 2 heterocycles. The van der Waals surface area contributed by atoms with Crippen molar-refractivity contribution in [2.45, 2.75) is 50.0 Å². The van der Waals surface area contributed by atoms with Gasteiger partial charge in [-0.05, 0) is 37.8 Å². The summed E-state index contributed by atoms with van der Waals surface area (Å²) in [5.74, 6) is 0.266. The first-order valence-corrected chi connectivity index (χ1v) is 9.36. The quantitative estimate of drug-likeness (QED) is 0.628. The number of nitrogens with zero attached hydrogens (tertiary/aromatic N) is 2. The highest BCUT2D eigenvalue weighted by Crippen LogP contribution is 2.22. The molecule has 1 aliphatic carbocycles. The Morgan fingerprint density at radius 3 is 2.70 bits per heavy atom. The third kappa shape index (κ3) is 4.18. The molecule has 0 radical (unpaired) electrons. The molecule has 1 aromatic carbocycles. The lowest BCUT2D eigenvalue weighted by molar-refractivity contribution is 0.0886. The Morgan fingerprint density at radius 2 is 1.96 bits per heavy atom. The number of hydrogen-bond donors (Lipinski definition) is 4. The molecule has 1 aromatic heterocycles. The topological polar surface area (TPSA) is 117 Å². The number of aromatic nitrogens is 2. The minimum Gasteiger partial charge on any atom is -0.393 e. The Hall–Kier alpha value is -2.29. The van der Waals surface area contributed by atoms with Gasteiger partial charge >= 0.3 is 0 Å². The summed E-state index contributed by atoms with van der Waals surface area (Å²) in [6, 6.07) is 5.12. The molecule has 2 aromatic rings. The van der Waals surface area contributed by atoms with Crippen LogP contribution in [0.4, 0.5) is 5.95 Å². The number of rotatable bonds is 4. The smallest absolute Gasteiger partial charge is 0.251 e. The van der Waals surface area contributed by atoms with Gasteiger partial charge in [0.25, 0.3) is 5.91 Å². The minimum atomic E-state index is -0.679. The molecule has 0 unspecified atom stereocenters. The number of nitrogens with one attached hydrogen (secondary N) is 2. The van der Waals surface area contributed by atoms with Crippen molar-refractivity contribution < 1.29 is 19.7 Å². The van der Waals surface area contributed by atoms with Crippen molar-refractivity contribution in [3.63, 3.8) is 0 Å². The molecule has 144 valence electrons. The number of amides is 1. The van der Waals surface area contributed by atoms with Gasteiger partial charge in [0.2, 0.25) is 5.95 Å². The van der Waals surface area contributed by atoms with Crippen molar-refractivity contribution in [2.75, 3.05) is 18.5 Å². The molecule has 4 rings (SSSR count). The van der Waals surface area contributed by atoms with E-state index in [1.165, 1.54) is 0 Å². The maximum Gasteiger partial charge on any atom is 0.251 e. The van der Waals surface area contributed by atoms with Crippen LogP contribution in [-0.2, 0) is 4.74 Å². The Morgan fingerprint density at radius 1 is 1.15 bits per heavy atom. The molecule has 2 aliphatic rings. The summed E-state index contributed by atoms with van der Waals surface area (Å²) in [4.78, 5) is 21.4. The average molecular weight is 372 g/mol. The average Bonchev–Trinajstić information content (AvgIpc) is 3.07. The van der Waals surface area contributed by atoms with Crippen LogP contribution in [0.5, 0.6) is 0 Å². The first-order chi connectivity index (χ1) is 13.1. The molecule has 8 heteroatoms. The van der Waals surface area contributed by atoms with Crippen molar-refractivity contribution in [1.29, 1.82) is 0 Å². The van der Waals surface area contributed by atoms with Crippen molar-refractivity contribution in [1.82, 2.24) is 15.3 Å². The molecule has 1 amide bonds. The van der Waals surface area contributed by atoms with E-state index in [2.05, 4.69) is 20.6 Å².